The summed E-state index contributed by atoms with van der Waals surface area (Å²) in [5.41, 5.74) is 9.44. The van der Waals surface area contributed by atoms with Crippen molar-refractivity contribution in [2.75, 3.05) is 0 Å². The van der Waals surface area contributed by atoms with Crippen LogP contribution in [0.5, 0.6) is 0 Å². The Hall–Kier alpha value is -1.83. The molecule has 0 spiro atoms. The first kappa shape index (κ1) is 28.4. The van der Waals surface area contributed by atoms with E-state index >= 15 is 0 Å². The SMILES string of the molecule is C[C](=[Zr+2])c1ccccc1.Cl.Cl.[C-]1=C(c2ccsc2)C=CC1.[c-]1cccc2c1Cc1ccccc1-2. The number of fused-ring (bicyclic) bond motifs is 3. The van der Waals surface area contributed by atoms with Crippen LogP contribution >= 0.6 is 36.2 Å². The Kier molecular flexibility index (Phi) is 12.2. The minimum Gasteiger partial charge on any atom is -0.197 e. The second-order valence-corrected chi connectivity index (χ2v) is 10.2. The van der Waals surface area contributed by atoms with Gasteiger partial charge in [-0.2, -0.15) is 58.9 Å². The van der Waals surface area contributed by atoms with Crippen molar-refractivity contribution in [2.24, 2.45) is 0 Å². The molecule has 0 aliphatic heterocycles. The van der Waals surface area contributed by atoms with Crippen LogP contribution in [0.2, 0.25) is 0 Å². The van der Waals surface area contributed by atoms with Crippen molar-refractivity contribution >= 4 is 44.9 Å². The molecule has 4 heteroatoms. The first-order valence-electron chi connectivity index (χ1n) is 10.7. The van der Waals surface area contributed by atoms with Crippen molar-refractivity contribution < 1.29 is 24.2 Å². The van der Waals surface area contributed by atoms with Gasteiger partial charge in [-0.1, -0.05) is 53.3 Å². The minimum atomic E-state index is 0. The fraction of sp³-hybridized carbons (Fsp3) is 0.100. The van der Waals surface area contributed by atoms with Crippen LogP contribution in [0.4, 0.5) is 0 Å². The molecule has 170 valence electrons. The molecule has 0 saturated carbocycles. The molecular weight excluding hydrogens is 555 g/mol. The Bertz CT molecular complexity index is 1200. The van der Waals surface area contributed by atoms with E-state index in [0.29, 0.717) is 0 Å². The average Bonchev–Trinajstić information content (AvgIpc) is 3.61. The molecule has 0 saturated heterocycles. The van der Waals surface area contributed by atoms with Gasteiger partial charge in [-0.05, 0) is 11.8 Å². The summed E-state index contributed by atoms with van der Waals surface area (Å²) in [7, 11) is 0. The maximum atomic E-state index is 3.30. The van der Waals surface area contributed by atoms with Gasteiger partial charge in [-0.15, -0.1) is 42.0 Å². The quantitative estimate of drug-likeness (QED) is 0.184. The molecule has 1 aromatic heterocycles. The van der Waals surface area contributed by atoms with Crippen molar-refractivity contribution in [3.8, 4) is 11.1 Å². The Balaban J connectivity index is 0.000000179. The zero-order chi connectivity index (χ0) is 22.2. The Morgan fingerprint density at radius 3 is 2.26 bits per heavy atom. The number of rotatable bonds is 2. The van der Waals surface area contributed by atoms with E-state index in [4.69, 9.17) is 0 Å². The summed E-state index contributed by atoms with van der Waals surface area (Å²) in [6.07, 6.45) is 9.56. The van der Waals surface area contributed by atoms with Gasteiger partial charge >= 0.3 is 70.3 Å². The van der Waals surface area contributed by atoms with E-state index in [1.54, 1.807) is 11.3 Å². The standard InChI is InChI=1S/C13H9.C9H7S.C8H8.2ClH.Zr/c1-3-7-12-10(5-1)9-11-6-2-4-8-13(11)12;1-2-4-8(3-1)9-5-6-10-7-9;1-2-8-6-4-3-5-7-8;;;/h1-5,7-8H,9H2;1,3,5-7H,2H2;3-7H,1H3;2*1H;/q2*-1;;;;+2. The predicted octanol–water partition coefficient (Wildman–Crippen LogP) is 8.57. The van der Waals surface area contributed by atoms with Crippen LogP contribution in [0.25, 0.3) is 16.7 Å². The van der Waals surface area contributed by atoms with Crippen LogP contribution in [-0.2, 0) is 30.7 Å². The summed E-state index contributed by atoms with van der Waals surface area (Å²) >= 11 is 3.24. The number of hydrogen-bond acceptors (Lipinski definition) is 1. The summed E-state index contributed by atoms with van der Waals surface area (Å²) in [5.74, 6) is 0. The van der Waals surface area contributed by atoms with E-state index < -0.39 is 0 Å². The maximum absolute atomic E-state index is 3.30. The summed E-state index contributed by atoms with van der Waals surface area (Å²) in [4.78, 5) is 0. The zero-order valence-electron chi connectivity index (χ0n) is 19.0. The third-order valence-corrected chi connectivity index (χ3v) is 6.74. The number of halogens is 2. The summed E-state index contributed by atoms with van der Waals surface area (Å²) in [5, 5.41) is 4.24. The molecule has 34 heavy (non-hydrogen) atoms. The molecule has 0 bridgehead atoms. The molecule has 4 aromatic rings. The van der Waals surface area contributed by atoms with Gasteiger partial charge in [0, 0.05) is 0 Å². The molecule has 2 aliphatic carbocycles. The van der Waals surface area contributed by atoms with Crippen LogP contribution in [-0.4, -0.2) is 3.21 Å². The molecule has 0 atom stereocenters. The normalized spacial score (nSPS) is 11.8. The van der Waals surface area contributed by atoms with E-state index in [2.05, 4.69) is 109 Å². The molecule has 0 radical (unpaired) electrons. The van der Waals surface area contributed by atoms with E-state index in [1.165, 1.54) is 66.4 Å². The number of hydrogen-bond donors (Lipinski definition) is 0. The molecule has 2 aliphatic rings. The van der Waals surface area contributed by atoms with E-state index in [-0.39, 0.29) is 24.8 Å². The largest absolute Gasteiger partial charge is 0.197 e. The van der Waals surface area contributed by atoms with Crippen molar-refractivity contribution in [1.29, 1.82) is 0 Å². The van der Waals surface area contributed by atoms with Crippen molar-refractivity contribution in [2.45, 2.75) is 19.8 Å². The Labute approximate surface area is 234 Å². The number of thiophene rings is 1. The molecule has 6 rings (SSSR count). The molecule has 0 nitrogen and oxygen atoms in total. The van der Waals surface area contributed by atoms with E-state index in [9.17, 15) is 0 Å². The minimum absolute atomic E-state index is 0. The molecule has 0 unspecified atom stereocenters. The topological polar surface area (TPSA) is 0 Å². The monoisotopic (exact) mass is 578 g/mol. The Morgan fingerprint density at radius 2 is 1.62 bits per heavy atom. The van der Waals surface area contributed by atoms with E-state index in [0.717, 1.165) is 12.8 Å². The molecular formula is C30H26Cl2SZr. The van der Waals surface area contributed by atoms with Crippen molar-refractivity contribution in [3.05, 3.63) is 136 Å². The Morgan fingerprint density at radius 1 is 0.882 bits per heavy atom. The second kappa shape index (κ2) is 14.5. The van der Waals surface area contributed by atoms with Crippen LogP contribution < -0.4 is 0 Å². The molecule has 0 fully saturated rings. The van der Waals surface area contributed by atoms with Gasteiger partial charge < -0.3 is 0 Å². The first-order chi connectivity index (χ1) is 15.7. The molecule has 0 N–H and O–H groups in total. The van der Waals surface area contributed by atoms with Crippen molar-refractivity contribution in [3.63, 3.8) is 0 Å². The van der Waals surface area contributed by atoms with Crippen LogP contribution in [0.15, 0.2) is 102 Å². The summed E-state index contributed by atoms with van der Waals surface area (Å²) in [6.45, 7) is 2.16. The third-order valence-electron chi connectivity index (χ3n) is 5.35. The second-order valence-electron chi connectivity index (χ2n) is 7.60. The van der Waals surface area contributed by atoms with Gasteiger partial charge in [0.1, 0.15) is 0 Å². The molecule has 1 heterocycles. The van der Waals surface area contributed by atoms with Crippen LogP contribution in [0.1, 0.15) is 35.6 Å². The molecule has 0 amide bonds. The predicted molar refractivity (Wildman–Crippen MR) is 149 cm³/mol. The van der Waals surface area contributed by atoms with Gasteiger partial charge in [0.15, 0.2) is 0 Å². The van der Waals surface area contributed by atoms with Crippen LogP contribution in [0, 0.1) is 12.1 Å². The summed E-state index contributed by atoms with van der Waals surface area (Å²) in [6, 6.07) is 30.7. The van der Waals surface area contributed by atoms with Gasteiger partial charge in [-0.3, -0.25) is 0 Å². The zero-order valence-corrected chi connectivity index (χ0v) is 23.9. The van der Waals surface area contributed by atoms with Gasteiger partial charge in [0.25, 0.3) is 0 Å². The maximum Gasteiger partial charge on any atom is -0.0219 e. The first-order valence-corrected chi connectivity index (χ1v) is 12.9. The fourth-order valence-electron chi connectivity index (χ4n) is 3.71. The van der Waals surface area contributed by atoms with Gasteiger partial charge in [0.2, 0.25) is 0 Å². The van der Waals surface area contributed by atoms with Gasteiger partial charge in [-0.25, -0.2) is 0 Å². The fourth-order valence-corrected chi connectivity index (χ4v) is 4.77. The number of benzene rings is 3. The van der Waals surface area contributed by atoms with Crippen LogP contribution in [0.3, 0.4) is 0 Å². The number of allylic oxidation sites excluding steroid dienone is 4. The molecule has 3 aromatic carbocycles. The summed E-state index contributed by atoms with van der Waals surface area (Å²) < 4.78 is 1.46. The smallest absolute Gasteiger partial charge is 0.0219 e. The third kappa shape index (κ3) is 7.59. The van der Waals surface area contributed by atoms with Gasteiger partial charge in [0.05, 0.1) is 0 Å². The average molecular weight is 581 g/mol. The van der Waals surface area contributed by atoms with E-state index in [1.807, 2.05) is 12.1 Å². The van der Waals surface area contributed by atoms with Crippen molar-refractivity contribution in [1.82, 2.24) is 0 Å².